The van der Waals surface area contributed by atoms with Gasteiger partial charge < -0.3 is 5.73 Å². The molecule has 0 atom stereocenters. The van der Waals surface area contributed by atoms with E-state index < -0.39 is 11.7 Å². The standard InChI is InChI=1S/C16H12FN3O2/c17-11-5-3-4-10(8-11)16(22)20-13-7-2-1-6-12(13)15(19-20)14(21)9-18/h1-8H,9,18H2. The van der Waals surface area contributed by atoms with Crippen LogP contribution in [0.15, 0.2) is 48.5 Å². The first-order chi connectivity index (χ1) is 10.6. The third-order valence-corrected chi connectivity index (χ3v) is 3.30. The summed E-state index contributed by atoms with van der Waals surface area (Å²) in [6.45, 7) is -0.199. The summed E-state index contributed by atoms with van der Waals surface area (Å²) in [7, 11) is 0. The van der Waals surface area contributed by atoms with Crippen molar-refractivity contribution in [1.29, 1.82) is 0 Å². The maximum atomic E-state index is 13.3. The van der Waals surface area contributed by atoms with E-state index in [2.05, 4.69) is 5.10 Å². The van der Waals surface area contributed by atoms with Gasteiger partial charge in [-0.05, 0) is 24.3 Å². The van der Waals surface area contributed by atoms with Crippen LogP contribution in [-0.2, 0) is 0 Å². The molecular weight excluding hydrogens is 285 g/mol. The van der Waals surface area contributed by atoms with Gasteiger partial charge in [0.1, 0.15) is 11.5 Å². The van der Waals surface area contributed by atoms with Crippen LogP contribution in [0, 0.1) is 5.82 Å². The van der Waals surface area contributed by atoms with Gasteiger partial charge in [0.2, 0.25) is 0 Å². The highest BCUT2D eigenvalue weighted by molar-refractivity contribution is 6.10. The maximum absolute atomic E-state index is 13.3. The Kier molecular flexibility index (Phi) is 3.52. The second kappa shape index (κ2) is 5.50. The molecule has 0 amide bonds. The molecule has 0 aliphatic rings. The molecule has 0 unspecified atom stereocenters. The molecule has 22 heavy (non-hydrogen) atoms. The van der Waals surface area contributed by atoms with Crippen molar-refractivity contribution in [3.63, 3.8) is 0 Å². The lowest BCUT2D eigenvalue weighted by atomic mass is 10.1. The second-order valence-electron chi connectivity index (χ2n) is 4.72. The molecule has 0 radical (unpaired) electrons. The number of hydrogen-bond acceptors (Lipinski definition) is 4. The zero-order valence-corrected chi connectivity index (χ0v) is 11.5. The molecule has 2 N–H and O–H groups in total. The monoisotopic (exact) mass is 297 g/mol. The van der Waals surface area contributed by atoms with Crippen LogP contribution in [0.25, 0.3) is 10.9 Å². The molecular formula is C16H12FN3O2. The van der Waals surface area contributed by atoms with Gasteiger partial charge in [0, 0.05) is 10.9 Å². The smallest absolute Gasteiger partial charge is 0.278 e. The number of ketones is 1. The van der Waals surface area contributed by atoms with E-state index in [9.17, 15) is 14.0 Å². The Hall–Kier alpha value is -2.86. The first-order valence-corrected chi connectivity index (χ1v) is 6.63. The highest BCUT2D eigenvalue weighted by Crippen LogP contribution is 2.20. The largest absolute Gasteiger partial charge is 0.324 e. The normalized spacial score (nSPS) is 10.8. The summed E-state index contributed by atoms with van der Waals surface area (Å²) in [5.41, 5.74) is 6.15. The number of nitrogens with two attached hydrogens (primary N) is 1. The molecule has 1 heterocycles. The predicted octanol–water partition coefficient (Wildman–Crippen LogP) is 2.01. The SMILES string of the molecule is NCC(=O)c1nn(C(=O)c2cccc(F)c2)c2ccccc12. The Labute approximate surface area is 125 Å². The molecule has 3 aromatic rings. The lowest BCUT2D eigenvalue weighted by Gasteiger charge is -2.02. The minimum atomic E-state index is -0.513. The van der Waals surface area contributed by atoms with E-state index in [1.54, 1.807) is 24.3 Å². The highest BCUT2D eigenvalue weighted by Gasteiger charge is 2.20. The number of Topliss-reactive ketones (excluding diaryl/α,β-unsaturated/α-hetero) is 1. The lowest BCUT2D eigenvalue weighted by Crippen LogP contribution is -2.17. The molecule has 0 bridgehead atoms. The molecule has 5 nitrogen and oxygen atoms in total. The van der Waals surface area contributed by atoms with E-state index in [1.807, 2.05) is 0 Å². The van der Waals surface area contributed by atoms with Gasteiger partial charge in [-0.3, -0.25) is 9.59 Å². The van der Waals surface area contributed by atoms with Gasteiger partial charge in [-0.15, -0.1) is 0 Å². The first-order valence-electron chi connectivity index (χ1n) is 6.63. The Bertz CT molecular complexity index is 886. The van der Waals surface area contributed by atoms with Crippen LogP contribution in [0.1, 0.15) is 20.8 Å². The molecule has 110 valence electrons. The Balaban J connectivity index is 2.19. The molecule has 0 aliphatic carbocycles. The Morgan fingerprint density at radius 3 is 2.64 bits per heavy atom. The van der Waals surface area contributed by atoms with Crippen molar-refractivity contribution in [3.05, 3.63) is 65.6 Å². The van der Waals surface area contributed by atoms with Gasteiger partial charge in [0.15, 0.2) is 5.78 Å². The third kappa shape index (κ3) is 2.29. The maximum Gasteiger partial charge on any atom is 0.278 e. The minimum Gasteiger partial charge on any atom is -0.324 e. The zero-order chi connectivity index (χ0) is 15.7. The summed E-state index contributed by atoms with van der Waals surface area (Å²) in [4.78, 5) is 24.4. The van der Waals surface area contributed by atoms with Crippen molar-refractivity contribution >= 4 is 22.6 Å². The predicted molar refractivity (Wildman–Crippen MR) is 79.2 cm³/mol. The summed E-state index contributed by atoms with van der Waals surface area (Å²) in [6.07, 6.45) is 0. The number of aromatic nitrogens is 2. The van der Waals surface area contributed by atoms with E-state index in [0.29, 0.717) is 10.9 Å². The molecule has 3 rings (SSSR count). The van der Waals surface area contributed by atoms with Crippen molar-refractivity contribution in [2.45, 2.75) is 0 Å². The van der Waals surface area contributed by atoms with E-state index in [-0.39, 0.29) is 23.6 Å². The number of carbonyl (C=O) groups is 2. The number of rotatable bonds is 3. The summed E-state index contributed by atoms with van der Waals surface area (Å²) in [5, 5.41) is 4.63. The topological polar surface area (TPSA) is 78.0 Å². The van der Waals surface area contributed by atoms with Crippen LogP contribution in [-0.4, -0.2) is 28.0 Å². The molecule has 6 heteroatoms. The average Bonchev–Trinajstić information content (AvgIpc) is 2.93. The molecule has 0 aliphatic heterocycles. The first kappa shape index (κ1) is 14.1. The number of hydrogen-bond donors (Lipinski definition) is 1. The van der Waals surface area contributed by atoms with E-state index >= 15 is 0 Å². The van der Waals surface area contributed by atoms with Gasteiger partial charge >= 0.3 is 0 Å². The average molecular weight is 297 g/mol. The molecule has 2 aromatic carbocycles. The van der Waals surface area contributed by atoms with Crippen LogP contribution in [0.3, 0.4) is 0 Å². The zero-order valence-electron chi connectivity index (χ0n) is 11.5. The van der Waals surface area contributed by atoms with Crippen LogP contribution < -0.4 is 5.73 Å². The molecule has 0 saturated carbocycles. The summed E-state index contributed by atoms with van der Waals surface area (Å²) in [5.74, 6) is -1.38. The van der Waals surface area contributed by atoms with E-state index in [1.165, 1.54) is 18.2 Å². The van der Waals surface area contributed by atoms with Gasteiger partial charge in [-0.1, -0.05) is 24.3 Å². The van der Waals surface area contributed by atoms with Crippen molar-refractivity contribution in [1.82, 2.24) is 9.78 Å². The van der Waals surface area contributed by atoms with Crippen molar-refractivity contribution < 1.29 is 14.0 Å². The van der Waals surface area contributed by atoms with Crippen molar-refractivity contribution in [2.75, 3.05) is 6.54 Å². The quantitative estimate of drug-likeness (QED) is 0.750. The number of benzene rings is 2. The number of nitrogens with zero attached hydrogens (tertiary/aromatic N) is 2. The van der Waals surface area contributed by atoms with Crippen LogP contribution in [0.5, 0.6) is 0 Å². The third-order valence-electron chi connectivity index (χ3n) is 3.30. The van der Waals surface area contributed by atoms with E-state index in [4.69, 9.17) is 5.73 Å². The Morgan fingerprint density at radius 2 is 1.91 bits per heavy atom. The fraction of sp³-hybridized carbons (Fsp3) is 0.0625. The minimum absolute atomic E-state index is 0.142. The molecule has 0 fully saturated rings. The van der Waals surface area contributed by atoms with Crippen molar-refractivity contribution in [2.24, 2.45) is 5.73 Å². The van der Waals surface area contributed by atoms with Gasteiger partial charge in [0.05, 0.1) is 12.1 Å². The van der Waals surface area contributed by atoms with Crippen LogP contribution >= 0.6 is 0 Å². The van der Waals surface area contributed by atoms with E-state index in [0.717, 1.165) is 10.7 Å². The number of fused-ring (bicyclic) bond motifs is 1. The van der Waals surface area contributed by atoms with Crippen molar-refractivity contribution in [3.8, 4) is 0 Å². The lowest BCUT2D eigenvalue weighted by molar-refractivity contribution is 0.0948. The van der Waals surface area contributed by atoms with Crippen LogP contribution in [0.2, 0.25) is 0 Å². The van der Waals surface area contributed by atoms with Gasteiger partial charge in [-0.25, -0.2) is 4.39 Å². The van der Waals surface area contributed by atoms with Gasteiger partial charge in [0.25, 0.3) is 5.91 Å². The molecule has 1 aromatic heterocycles. The summed E-state index contributed by atoms with van der Waals surface area (Å²) in [6, 6.07) is 12.2. The second-order valence-corrected chi connectivity index (χ2v) is 4.72. The number of halogens is 1. The molecule has 0 saturated heterocycles. The van der Waals surface area contributed by atoms with Crippen LogP contribution in [0.4, 0.5) is 4.39 Å². The Morgan fingerprint density at radius 1 is 1.14 bits per heavy atom. The fourth-order valence-electron chi connectivity index (χ4n) is 2.27. The summed E-state index contributed by atoms with van der Waals surface area (Å²) >= 11 is 0. The fourth-order valence-corrected chi connectivity index (χ4v) is 2.27. The molecule has 0 spiro atoms. The number of para-hydroxylation sites is 1. The highest BCUT2D eigenvalue weighted by atomic mass is 19.1. The number of carbonyl (C=O) groups excluding carboxylic acids is 2. The van der Waals surface area contributed by atoms with Gasteiger partial charge in [-0.2, -0.15) is 9.78 Å². The summed E-state index contributed by atoms with van der Waals surface area (Å²) < 4.78 is 14.4.